The molecule has 1 amide bonds. The first-order chi connectivity index (χ1) is 13.2. The van der Waals surface area contributed by atoms with Crippen molar-refractivity contribution in [1.82, 2.24) is 9.97 Å². The Labute approximate surface area is 170 Å². The number of anilines is 1. The third-order valence-electron chi connectivity index (χ3n) is 4.49. The quantitative estimate of drug-likeness (QED) is 0.467. The van der Waals surface area contributed by atoms with Crippen LogP contribution in [0.2, 0.25) is 5.02 Å². The number of methoxy groups -OCH3 is 1. The summed E-state index contributed by atoms with van der Waals surface area (Å²) in [7, 11) is 1.56. The Bertz CT molecular complexity index is 1010. The monoisotopic (exact) mass is 419 g/mol. The van der Waals surface area contributed by atoms with E-state index in [-0.39, 0.29) is 11.7 Å². The summed E-state index contributed by atoms with van der Waals surface area (Å²) in [5.74, 6) is 0.757. The van der Waals surface area contributed by atoms with Crippen LogP contribution in [0.4, 0.5) is 5.69 Å². The van der Waals surface area contributed by atoms with Crippen molar-refractivity contribution >= 4 is 56.5 Å². The predicted molar refractivity (Wildman–Crippen MR) is 111 cm³/mol. The number of carbonyl (C=O) groups excluding carboxylic acids is 1. The number of thioether (sulfide) groups is 1. The molecular weight excluding hydrogens is 402 g/mol. The second kappa shape index (κ2) is 8.04. The fourth-order valence-corrected chi connectivity index (χ4v) is 5.62. The minimum atomic E-state index is -0.0999. The van der Waals surface area contributed by atoms with Crippen molar-refractivity contribution in [3.8, 4) is 5.75 Å². The van der Waals surface area contributed by atoms with E-state index in [9.17, 15) is 4.79 Å². The van der Waals surface area contributed by atoms with E-state index < -0.39 is 0 Å². The van der Waals surface area contributed by atoms with Crippen molar-refractivity contribution < 1.29 is 9.53 Å². The molecule has 1 aliphatic carbocycles. The van der Waals surface area contributed by atoms with Crippen LogP contribution in [0.5, 0.6) is 5.75 Å². The van der Waals surface area contributed by atoms with E-state index in [0.29, 0.717) is 16.5 Å². The zero-order chi connectivity index (χ0) is 18.8. The fourth-order valence-electron chi connectivity index (χ4n) is 3.25. The zero-order valence-electron chi connectivity index (χ0n) is 14.8. The highest BCUT2D eigenvalue weighted by molar-refractivity contribution is 8.00. The molecule has 0 saturated heterocycles. The van der Waals surface area contributed by atoms with E-state index in [1.807, 2.05) is 0 Å². The van der Waals surface area contributed by atoms with Gasteiger partial charge < -0.3 is 10.1 Å². The molecule has 0 fully saturated rings. The SMILES string of the molecule is COc1ccc(NC(=O)CSc2ncnc3sc4c(c23)CCCC4)cc1Cl. The number of hydrogen-bond acceptors (Lipinski definition) is 6. The molecule has 0 unspecified atom stereocenters. The summed E-state index contributed by atoms with van der Waals surface area (Å²) in [5.41, 5.74) is 2.03. The van der Waals surface area contributed by atoms with Gasteiger partial charge in [-0.25, -0.2) is 9.97 Å². The molecule has 0 atom stereocenters. The summed E-state index contributed by atoms with van der Waals surface area (Å²) in [4.78, 5) is 23.7. The van der Waals surface area contributed by atoms with Gasteiger partial charge in [0.25, 0.3) is 0 Å². The third kappa shape index (κ3) is 3.90. The second-order valence-electron chi connectivity index (χ2n) is 6.26. The molecule has 4 rings (SSSR count). The first-order valence-corrected chi connectivity index (χ1v) is 10.8. The molecule has 1 N–H and O–H groups in total. The van der Waals surface area contributed by atoms with Crippen LogP contribution in [0.25, 0.3) is 10.2 Å². The van der Waals surface area contributed by atoms with Gasteiger partial charge in [0.15, 0.2) is 0 Å². The largest absolute Gasteiger partial charge is 0.495 e. The summed E-state index contributed by atoms with van der Waals surface area (Å²) in [5, 5.41) is 5.36. The Kier molecular flexibility index (Phi) is 5.52. The van der Waals surface area contributed by atoms with Crippen molar-refractivity contribution in [2.24, 2.45) is 0 Å². The number of nitrogens with one attached hydrogen (secondary N) is 1. The topological polar surface area (TPSA) is 64.1 Å². The molecular formula is C19H18ClN3O2S2. The molecule has 5 nitrogen and oxygen atoms in total. The minimum absolute atomic E-state index is 0.0999. The van der Waals surface area contributed by atoms with E-state index in [1.54, 1.807) is 43.0 Å². The standard InChI is InChI=1S/C19H18ClN3O2S2/c1-25-14-7-6-11(8-13(14)20)23-16(24)9-26-18-17-12-4-2-3-5-15(12)27-19(17)22-10-21-18/h6-8,10H,2-5,9H2,1H3,(H,23,24). The van der Waals surface area contributed by atoms with Crippen LogP contribution in [0.1, 0.15) is 23.3 Å². The molecule has 140 valence electrons. The number of nitrogens with zero attached hydrogens (tertiary/aromatic N) is 2. The Morgan fingerprint density at radius 2 is 2.19 bits per heavy atom. The lowest BCUT2D eigenvalue weighted by Gasteiger charge is -2.11. The average molecular weight is 420 g/mol. The molecule has 2 heterocycles. The average Bonchev–Trinajstić information content (AvgIpc) is 3.06. The minimum Gasteiger partial charge on any atom is -0.495 e. The molecule has 3 aromatic rings. The van der Waals surface area contributed by atoms with Crippen molar-refractivity contribution in [3.05, 3.63) is 40.0 Å². The van der Waals surface area contributed by atoms with Crippen LogP contribution in [-0.4, -0.2) is 28.7 Å². The number of aryl methyl sites for hydroxylation is 2. The van der Waals surface area contributed by atoms with Crippen molar-refractivity contribution in [2.75, 3.05) is 18.2 Å². The number of rotatable bonds is 5. The summed E-state index contributed by atoms with van der Waals surface area (Å²) < 4.78 is 5.13. The van der Waals surface area contributed by atoms with Crippen molar-refractivity contribution in [2.45, 2.75) is 30.7 Å². The van der Waals surface area contributed by atoms with E-state index in [0.717, 1.165) is 28.1 Å². The molecule has 0 aliphatic heterocycles. The Morgan fingerprint density at radius 1 is 1.33 bits per heavy atom. The first kappa shape index (κ1) is 18.5. The van der Waals surface area contributed by atoms with Gasteiger partial charge in [-0.1, -0.05) is 23.4 Å². The third-order valence-corrected chi connectivity index (χ3v) is 6.98. The Hall–Kier alpha value is -1.83. The van der Waals surface area contributed by atoms with Gasteiger partial charge >= 0.3 is 0 Å². The molecule has 2 aromatic heterocycles. The highest BCUT2D eigenvalue weighted by atomic mass is 35.5. The van der Waals surface area contributed by atoms with Gasteiger partial charge in [-0.2, -0.15) is 0 Å². The molecule has 0 spiro atoms. The maximum absolute atomic E-state index is 12.4. The highest BCUT2D eigenvalue weighted by Gasteiger charge is 2.20. The van der Waals surface area contributed by atoms with Gasteiger partial charge in [-0.3, -0.25) is 4.79 Å². The van der Waals surface area contributed by atoms with Crippen LogP contribution in [-0.2, 0) is 17.6 Å². The number of thiophene rings is 1. The number of aromatic nitrogens is 2. The van der Waals surface area contributed by atoms with Gasteiger partial charge in [0.1, 0.15) is 21.9 Å². The molecule has 0 bridgehead atoms. The second-order valence-corrected chi connectivity index (χ2v) is 8.71. The van der Waals surface area contributed by atoms with Crippen molar-refractivity contribution in [3.63, 3.8) is 0 Å². The number of ether oxygens (including phenoxy) is 1. The smallest absolute Gasteiger partial charge is 0.234 e. The molecule has 8 heteroatoms. The van der Waals surface area contributed by atoms with E-state index >= 15 is 0 Å². The van der Waals surface area contributed by atoms with Crippen LogP contribution in [0.3, 0.4) is 0 Å². The van der Waals surface area contributed by atoms with Gasteiger partial charge in [0, 0.05) is 16.0 Å². The van der Waals surface area contributed by atoms with Crippen LogP contribution in [0.15, 0.2) is 29.6 Å². The number of hydrogen-bond donors (Lipinski definition) is 1. The van der Waals surface area contributed by atoms with Gasteiger partial charge in [-0.15, -0.1) is 11.3 Å². The summed E-state index contributed by atoms with van der Waals surface area (Å²) in [6.07, 6.45) is 6.23. The molecule has 0 saturated carbocycles. The number of halogens is 1. The maximum Gasteiger partial charge on any atom is 0.234 e. The summed E-state index contributed by atoms with van der Waals surface area (Å²) in [6.45, 7) is 0. The lowest BCUT2D eigenvalue weighted by atomic mass is 9.97. The normalized spacial score (nSPS) is 13.4. The molecule has 27 heavy (non-hydrogen) atoms. The highest BCUT2D eigenvalue weighted by Crippen LogP contribution is 2.39. The van der Waals surface area contributed by atoms with Gasteiger partial charge in [-0.05, 0) is 49.4 Å². The molecule has 1 aromatic carbocycles. The first-order valence-electron chi connectivity index (χ1n) is 8.67. The van der Waals surface area contributed by atoms with Crippen LogP contribution < -0.4 is 10.1 Å². The number of carbonyl (C=O) groups is 1. The summed E-state index contributed by atoms with van der Waals surface area (Å²) in [6, 6.07) is 5.18. The van der Waals surface area contributed by atoms with Gasteiger partial charge in [0.2, 0.25) is 5.91 Å². The van der Waals surface area contributed by atoms with Gasteiger partial charge in [0.05, 0.1) is 17.9 Å². The van der Waals surface area contributed by atoms with E-state index in [4.69, 9.17) is 16.3 Å². The Morgan fingerprint density at radius 3 is 3.00 bits per heavy atom. The molecule has 1 aliphatic rings. The number of fused-ring (bicyclic) bond motifs is 3. The van der Waals surface area contributed by atoms with Crippen molar-refractivity contribution in [1.29, 1.82) is 0 Å². The fraction of sp³-hybridized carbons (Fsp3) is 0.316. The van der Waals surface area contributed by atoms with Crippen LogP contribution >= 0.6 is 34.7 Å². The van der Waals surface area contributed by atoms with E-state index in [1.165, 1.54) is 35.0 Å². The lowest BCUT2D eigenvalue weighted by molar-refractivity contribution is -0.113. The molecule has 0 radical (unpaired) electrons. The Balaban J connectivity index is 1.48. The zero-order valence-corrected chi connectivity index (χ0v) is 17.1. The van der Waals surface area contributed by atoms with Crippen LogP contribution in [0, 0.1) is 0 Å². The predicted octanol–water partition coefficient (Wildman–Crippen LogP) is 4.96. The lowest BCUT2D eigenvalue weighted by Crippen LogP contribution is -2.14. The number of amides is 1. The summed E-state index contributed by atoms with van der Waals surface area (Å²) >= 11 is 9.33. The maximum atomic E-state index is 12.4. The number of benzene rings is 1. The van der Waals surface area contributed by atoms with E-state index in [2.05, 4.69) is 15.3 Å².